The molecule has 0 spiro atoms. The summed E-state index contributed by atoms with van der Waals surface area (Å²) in [7, 11) is 0. The van der Waals surface area contributed by atoms with Crippen molar-refractivity contribution < 1.29 is 0 Å². The van der Waals surface area contributed by atoms with Gasteiger partial charge in [-0.15, -0.1) is 0 Å². The van der Waals surface area contributed by atoms with E-state index >= 15 is 0 Å². The van der Waals surface area contributed by atoms with Crippen LogP contribution in [0.2, 0.25) is 0 Å². The molecule has 4 aromatic heterocycles. The zero-order valence-electron chi connectivity index (χ0n) is 24.7. The number of imidazole rings is 1. The van der Waals surface area contributed by atoms with Crippen molar-refractivity contribution >= 4 is 60.2 Å². The molecule has 5 heteroatoms. The molecule has 0 fully saturated rings. The van der Waals surface area contributed by atoms with Crippen LogP contribution in [0.15, 0.2) is 152 Å². The summed E-state index contributed by atoms with van der Waals surface area (Å²) in [4.78, 5) is 15.8. The van der Waals surface area contributed by atoms with Gasteiger partial charge in [0.15, 0.2) is 0 Å². The Bertz CT molecular complexity index is 2740. The maximum absolute atomic E-state index is 5.30. The molecular weight excluding hydrogens is 562 g/mol. The van der Waals surface area contributed by atoms with Crippen LogP contribution in [0.1, 0.15) is 0 Å². The van der Waals surface area contributed by atoms with Crippen LogP contribution in [0, 0.1) is 0 Å². The highest BCUT2D eigenvalue weighted by molar-refractivity contribution is 6.24. The third-order valence-electron chi connectivity index (χ3n) is 9.11. The van der Waals surface area contributed by atoms with Crippen LogP contribution in [-0.4, -0.2) is 23.9 Å². The lowest BCUT2D eigenvalue weighted by atomic mass is 10.0. The van der Waals surface area contributed by atoms with E-state index in [-0.39, 0.29) is 0 Å². The van der Waals surface area contributed by atoms with E-state index in [1.807, 2.05) is 12.1 Å². The molecule has 5 nitrogen and oxygen atoms in total. The monoisotopic (exact) mass is 587 g/mol. The van der Waals surface area contributed by atoms with Crippen molar-refractivity contribution in [1.29, 1.82) is 0 Å². The molecule has 10 rings (SSSR count). The van der Waals surface area contributed by atoms with E-state index in [2.05, 4.69) is 148 Å². The molecule has 6 aromatic carbocycles. The maximum atomic E-state index is 5.30. The van der Waals surface area contributed by atoms with Gasteiger partial charge in [-0.2, -0.15) is 0 Å². The summed E-state index contributed by atoms with van der Waals surface area (Å²) in [6, 6.07) is 52.9. The van der Waals surface area contributed by atoms with Gasteiger partial charge in [0, 0.05) is 32.7 Å². The number of para-hydroxylation sites is 3. The lowest BCUT2D eigenvalue weighted by Gasteiger charge is -2.14. The highest BCUT2D eigenvalue weighted by Gasteiger charge is 2.22. The van der Waals surface area contributed by atoms with Crippen molar-refractivity contribution in [1.82, 2.24) is 23.9 Å². The SMILES string of the molecule is c1ccc(-c2cc(-c3ccccc3)nc(-n3c4ccccc4c4ccc5c6ccccc6c6nc7ccccc7n6c5c43)n2)cc1. The minimum atomic E-state index is 0.629. The molecule has 0 atom stereocenters. The van der Waals surface area contributed by atoms with E-state index in [9.17, 15) is 0 Å². The average Bonchev–Trinajstić information content (AvgIpc) is 3.69. The van der Waals surface area contributed by atoms with E-state index in [0.29, 0.717) is 5.95 Å². The molecule has 0 aliphatic heterocycles. The zero-order chi connectivity index (χ0) is 30.2. The third kappa shape index (κ3) is 3.54. The van der Waals surface area contributed by atoms with Gasteiger partial charge in [0.1, 0.15) is 5.65 Å². The van der Waals surface area contributed by atoms with E-state index in [4.69, 9.17) is 15.0 Å². The van der Waals surface area contributed by atoms with Crippen LogP contribution >= 0.6 is 0 Å². The lowest BCUT2D eigenvalue weighted by molar-refractivity contribution is 0.996. The molecule has 0 unspecified atom stereocenters. The van der Waals surface area contributed by atoms with Gasteiger partial charge in [0.25, 0.3) is 0 Å². The first-order chi connectivity index (χ1) is 22.8. The highest BCUT2D eigenvalue weighted by atomic mass is 15.2. The molecule has 0 aliphatic rings. The number of pyridine rings is 1. The van der Waals surface area contributed by atoms with Crippen LogP contribution in [0.4, 0.5) is 0 Å². The molecular formula is C41H25N5. The smallest absolute Gasteiger partial charge is 0.235 e. The second kappa shape index (κ2) is 9.58. The molecule has 0 saturated carbocycles. The number of hydrogen-bond acceptors (Lipinski definition) is 3. The number of nitrogens with zero attached hydrogens (tertiary/aromatic N) is 5. The first-order valence-electron chi connectivity index (χ1n) is 15.5. The second-order valence-corrected chi connectivity index (χ2v) is 11.7. The summed E-state index contributed by atoms with van der Waals surface area (Å²) < 4.78 is 4.60. The normalized spacial score (nSPS) is 11.9. The van der Waals surface area contributed by atoms with Gasteiger partial charge in [0.2, 0.25) is 5.95 Å². The van der Waals surface area contributed by atoms with Crippen LogP contribution < -0.4 is 0 Å². The third-order valence-corrected chi connectivity index (χ3v) is 9.11. The van der Waals surface area contributed by atoms with Gasteiger partial charge in [-0.1, -0.05) is 127 Å². The van der Waals surface area contributed by atoms with Gasteiger partial charge in [-0.05, 0) is 29.7 Å². The molecule has 0 aliphatic carbocycles. The van der Waals surface area contributed by atoms with Gasteiger partial charge >= 0.3 is 0 Å². The number of aromatic nitrogens is 5. The molecule has 0 bridgehead atoms. The minimum Gasteiger partial charge on any atom is -0.290 e. The Kier molecular flexibility index (Phi) is 5.22. The summed E-state index contributed by atoms with van der Waals surface area (Å²) in [5.74, 6) is 0.629. The number of benzene rings is 6. The molecule has 10 aromatic rings. The Hall–Kier alpha value is -6.33. The fourth-order valence-corrected chi connectivity index (χ4v) is 7.09. The van der Waals surface area contributed by atoms with Crippen molar-refractivity contribution in [3.63, 3.8) is 0 Å². The first-order valence-corrected chi connectivity index (χ1v) is 15.5. The largest absolute Gasteiger partial charge is 0.290 e. The highest BCUT2D eigenvalue weighted by Crippen LogP contribution is 2.41. The van der Waals surface area contributed by atoms with Crippen molar-refractivity contribution in [2.75, 3.05) is 0 Å². The Balaban J connectivity index is 1.44. The zero-order valence-corrected chi connectivity index (χ0v) is 24.7. The predicted octanol–water partition coefficient (Wildman–Crippen LogP) is 10.0. The Morgan fingerprint density at radius 1 is 0.391 bits per heavy atom. The summed E-state index contributed by atoms with van der Waals surface area (Å²) in [6.07, 6.45) is 0. The Labute approximate surface area is 263 Å². The Morgan fingerprint density at radius 2 is 0.935 bits per heavy atom. The van der Waals surface area contributed by atoms with E-state index < -0.39 is 0 Å². The molecule has 4 heterocycles. The number of fused-ring (bicyclic) bond motifs is 12. The standard InChI is InChI=1S/C41H25N5/c1-3-13-26(14-4-1)34-25-35(27-15-5-2-6-16-27)44-41(43-34)46-36-21-11-9-18-29(36)31-24-23-30-28-17-7-8-19-32(28)40-42-33-20-10-12-22-37(33)45(40)38(30)39(31)46/h1-25H. The summed E-state index contributed by atoms with van der Waals surface area (Å²) in [5, 5.41) is 5.75. The molecule has 0 N–H and O–H groups in total. The molecule has 214 valence electrons. The summed E-state index contributed by atoms with van der Waals surface area (Å²) in [6.45, 7) is 0. The van der Waals surface area contributed by atoms with Crippen molar-refractivity contribution in [3.8, 4) is 28.5 Å². The van der Waals surface area contributed by atoms with E-state index in [1.165, 1.54) is 5.39 Å². The van der Waals surface area contributed by atoms with Crippen molar-refractivity contribution in [3.05, 3.63) is 152 Å². The second-order valence-electron chi connectivity index (χ2n) is 11.7. The quantitative estimate of drug-likeness (QED) is 0.193. The number of hydrogen-bond donors (Lipinski definition) is 0. The van der Waals surface area contributed by atoms with Crippen LogP contribution in [0.5, 0.6) is 0 Å². The fraction of sp³-hybridized carbons (Fsp3) is 0. The van der Waals surface area contributed by atoms with E-state index in [1.54, 1.807) is 0 Å². The summed E-state index contributed by atoms with van der Waals surface area (Å²) in [5.41, 5.74) is 10.0. The average molecular weight is 588 g/mol. The van der Waals surface area contributed by atoms with E-state index in [0.717, 1.165) is 77.3 Å². The van der Waals surface area contributed by atoms with Crippen LogP contribution in [0.25, 0.3) is 88.6 Å². The Morgan fingerprint density at radius 3 is 1.63 bits per heavy atom. The molecule has 46 heavy (non-hydrogen) atoms. The molecule has 0 saturated heterocycles. The first kappa shape index (κ1) is 25.0. The van der Waals surface area contributed by atoms with Gasteiger partial charge in [-0.3, -0.25) is 8.97 Å². The number of rotatable bonds is 3. The van der Waals surface area contributed by atoms with Crippen LogP contribution in [0.3, 0.4) is 0 Å². The van der Waals surface area contributed by atoms with Crippen LogP contribution in [-0.2, 0) is 0 Å². The topological polar surface area (TPSA) is 48.0 Å². The van der Waals surface area contributed by atoms with Gasteiger partial charge in [-0.25, -0.2) is 15.0 Å². The molecule has 0 amide bonds. The molecule has 0 radical (unpaired) electrons. The predicted molar refractivity (Wildman–Crippen MR) is 189 cm³/mol. The van der Waals surface area contributed by atoms with Gasteiger partial charge in [0.05, 0.1) is 39.0 Å². The lowest BCUT2D eigenvalue weighted by Crippen LogP contribution is -2.05. The van der Waals surface area contributed by atoms with Gasteiger partial charge < -0.3 is 0 Å². The maximum Gasteiger partial charge on any atom is 0.235 e. The van der Waals surface area contributed by atoms with Crippen molar-refractivity contribution in [2.45, 2.75) is 0 Å². The summed E-state index contributed by atoms with van der Waals surface area (Å²) >= 11 is 0. The fourth-order valence-electron chi connectivity index (χ4n) is 7.09. The minimum absolute atomic E-state index is 0.629. The van der Waals surface area contributed by atoms with Crippen molar-refractivity contribution in [2.24, 2.45) is 0 Å².